The lowest BCUT2D eigenvalue weighted by molar-refractivity contribution is 0.0879. The van der Waals surface area contributed by atoms with Crippen LogP contribution in [0.4, 0.5) is 0 Å². The molecule has 0 saturated carbocycles. The minimum atomic E-state index is -0.413. The monoisotopic (exact) mass is 309 g/mol. The Bertz CT molecular complexity index is 577. The van der Waals surface area contributed by atoms with Crippen LogP contribution in [0.3, 0.4) is 0 Å². The lowest BCUT2D eigenvalue weighted by Gasteiger charge is -2.33. The van der Waals surface area contributed by atoms with Gasteiger partial charge in [0, 0.05) is 11.9 Å². The summed E-state index contributed by atoms with van der Waals surface area (Å²) in [5, 5.41) is 7.67. The zero-order valence-electron chi connectivity index (χ0n) is 11.8. The molecule has 0 radical (unpaired) electrons. The standard InChI is InChI=1S/C14H19N3OS2/c1-9(2)14(3,8-15)17-12(18)10-7-20-13(16-10)11-5-4-6-19-11/h4-7,9H,8,15H2,1-3H3,(H,17,18). The number of carbonyl (C=O) groups excluding carboxylic acids is 1. The molecule has 4 nitrogen and oxygen atoms in total. The van der Waals surface area contributed by atoms with E-state index in [2.05, 4.69) is 10.3 Å². The summed E-state index contributed by atoms with van der Waals surface area (Å²) in [7, 11) is 0. The van der Waals surface area contributed by atoms with Crippen LogP contribution in [0.25, 0.3) is 9.88 Å². The Hall–Kier alpha value is -1.24. The number of thiazole rings is 1. The Morgan fingerprint density at radius 1 is 1.50 bits per heavy atom. The fourth-order valence-electron chi connectivity index (χ4n) is 1.65. The van der Waals surface area contributed by atoms with Crippen LogP contribution in [-0.4, -0.2) is 23.0 Å². The summed E-state index contributed by atoms with van der Waals surface area (Å²) in [6, 6.07) is 3.98. The smallest absolute Gasteiger partial charge is 0.271 e. The van der Waals surface area contributed by atoms with Gasteiger partial charge in [0.2, 0.25) is 0 Å². The van der Waals surface area contributed by atoms with Gasteiger partial charge in [-0.15, -0.1) is 22.7 Å². The van der Waals surface area contributed by atoms with Crippen LogP contribution in [0.15, 0.2) is 22.9 Å². The van der Waals surface area contributed by atoms with Crippen LogP contribution >= 0.6 is 22.7 Å². The van der Waals surface area contributed by atoms with Crippen LogP contribution in [0.2, 0.25) is 0 Å². The molecule has 0 spiro atoms. The van der Waals surface area contributed by atoms with Crippen molar-refractivity contribution in [2.75, 3.05) is 6.54 Å². The largest absolute Gasteiger partial charge is 0.344 e. The number of nitrogens with two attached hydrogens (primary N) is 1. The molecule has 0 aliphatic rings. The van der Waals surface area contributed by atoms with Crippen LogP contribution < -0.4 is 11.1 Å². The van der Waals surface area contributed by atoms with Crippen LogP contribution in [-0.2, 0) is 0 Å². The second kappa shape index (κ2) is 6.03. The Morgan fingerprint density at radius 3 is 2.80 bits per heavy atom. The first-order chi connectivity index (χ1) is 9.46. The number of hydrogen-bond acceptors (Lipinski definition) is 5. The molecule has 108 valence electrons. The van der Waals surface area contributed by atoms with Crippen molar-refractivity contribution in [1.29, 1.82) is 0 Å². The highest BCUT2D eigenvalue weighted by Gasteiger charge is 2.29. The van der Waals surface area contributed by atoms with Gasteiger partial charge in [0.05, 0.1) is 10.4 Å². The Balaban J connectivity index is 2.14. The maximum absolute atomic E-state index is 12.3. The van der Waals surface area contributed by atoms with E-state index in [4.69, 9.17) is 5.73 Å². The van der Waals surface area contributed by atoms with Crippen molar-refractivity contribution in [3.8, 4) is 9.88 Å². The third-order valence-corrected chi connectivity index (χ3v) is 5.45. The van der Waals surface area contributed by atoms with Crippen molar-refractivity contribution in [3.05, 3.63) is 28.6 Å². The molecule has 0 saturated heterocycles. The minimum Gasteiger partial charge on any atom is -0.344 e. The molecule has 2 heterocycles. The van der Waals surface area contributed by atoms with E-state index < -0.39 is 5.54 Å². The van der Waals surface area contributed by atoms with Crippen LogP contribution in [0, 0.1) is 5.92 Å². The van der Waals surface area contributed by atoms with E-state index in [-0.39, 0.29) is 11.8 Å². The summed E-state index contributed by atoms with van der Waals surface area (Å²) >= 11 is 3.10. The predicted molar refractivity (Wildman–Crippen MR) is 85.2 cm³/mol. The van der Waals surface area contributed by atoms with Gasteiger partial charge in [-0.2, -0.15) is 0 Å². The first-order valence-corrected chi connectivity index (χ1v) is 8.24. The second-order valence-electron chi connectivity index (χ2n) is 5.25. The van der Waals surface area contributed by atoms with Gasteiger partial charge in [-0.25, -0.2) is 4.98 Å². The molecule has 2 aromatic rings. The molecule has 1 atom stereocenters. The van der Waals surface area contributed by atoms with Gasteiger partial charge in [0.1, 0.15) is 10.7 Å². The molecule has 0 aliphatic carbocycles. The highest BCUT2D eigenvalue weighted by Crippen LogP contribution is 2.28. The molecule has 0 aliphatic heterocycles. The van der Waals surface area contributed by atoms with E-state index in [1.165, 1.54) is 11.3 Å². The summed E-state index contributed by atoms with van der Waals surface area (Å²) in [6.07, 6.45) is 0. The number of rotatable bonds is 5. The van der Waals surface area contributed by atoms with Crippen molar-refractivity contribution in [1.82, 2.24) is 10.3 Å². The van der Waals surface area contributed by atoms with E-state index >= 15 is 0 Å². The molecule has 1 amide bonds. The average Bonchev–Trinajstić information content (AvgIpc) is 3.08. The fourth-order valence-corrected chi connectivity index (χ4v) is 3.26. The fraction of sp³-hybridized carbons (Fsp3) is 0.429. The van der Waals surface area contributed by atoms with E-state index in [9.17, 15) is 4.79 Å². The van der Waals surface area contributed by atoms with Gasteiger partial charge in [-0.3, -0.25) is 4.79 Å². The number of carbonyl (C=O) groups is 1. The third kappa shape index (κ3) is 3.08. The molecule has 3 N–H and O–H groups in total. The second-order valence-corrected chi connectivity index (χ2v) is 7.05. The number of amides is 1. The number of nitrogens with zero attached hydrogens (tertiary/aromatic N) is 1. The normalized spacial score (nSPS) is 14.2. The maximum atomic E-state index is 12.3. The highest BCUT2D eigenvalue weighted by atomic mass is 32.1. The molecule has 20 heavy (non-hydrogen) atoms. The molecular weight excluding hydrogens is 290 g/mol. The molecular formula is C14H19N3OS2. The Kier molecular flexibility index (Phi) is 4.57. The topological polar surface area (TPSA) is 68.0 Å². The number of thiophene rings is 1. The maximum Gasteiger partial charge on any atom is 0.271 e. The van der Waals surface area contributed by atoms with Crippen molar-refractivity contribution in [3.63, 3.8) is 0 Å². The van der Waals surface area contributed by atoms with Gasteiger partial charge in [-0.05, 0) is 24.3 Å². The SMILES string of the molecule is CC(C)C(C)(CN)NC(=O)c1csc(-c2cccs2)n1. The quantitative estimate of drug-likeness (QED) is 0.892. The van der Waals surface area contributed by atoms with Gasteiger partial charge >= 0.3 is 0 Å². The van der Waals surface area contributed by atoms with Gasteiger partial charge in [0.25, 0.3) is 5.91 Å². The van der Waals surface area contributed by atoms with Crippen molar-refractivity contribution >= 4 is 28.6 Å². The van der Waals surface area contributed by atoms with Crippen molar-refractivity contribution < 1.29 is 4.79 Å². The van der Waals surface area contributed by atoms with E-state index in [1.54, 1.807) is 16.7 Å². The molecule has 0 fully saturated rings. The summed E-state index contributed by atoms with van der Waals surface area (Å²) in [6.45, 7) is 6.46. The van der Waals surface area contributed by atoms with Crippen LogP contribution in [0.1, 0.15) is 31.3 Å². The van der Waals surface area contributed by atoms with E-state index in [0.29, 0.717) is 12.2 Å². The first kappa shape index (κ1) is 15.2. The summed E-state index contributed by atoms with van der Waals surface area (Å²) in [5.74, 6) is 0.0950. The Labute approximate surface area is 127 Å². The van der Waals surface area contributed by atoms with E-state index in [1.807, 2.05) is 38.3 Å². The molecule has 1 unspecified atom stereocenters. The minimum absolute atomic E-state index is 0.161. The van der Waals surface area contributed by atoms with Crippen molar-refractivity contribution in [2.24, 2.45) is 11.7 Å². The Morgan fingerprint density at radius 2 is 2.25 bits per heavy atom. The summed E-state index contributed by atoms with van der Waals surface area (Å²) in [5.41, 5.74) is 5.83. The number of hydrogen-bond donors (Lipinski definition) is 2. The zero-order chi connectivity index (χ0) is 14.8. The average molecular weight is 309 g/mol. The summed E-state index contributed by atoms with van der Waals surface area (Å²) in [4.78, 5) is 17.8. The van der Waals surface area contributed by atoms with Gasteiger partial charge < -0.3 is 11.1 Å². The van der Waals surface area contributed by atoms with E-state index in [0.717, 1.165) is 9.88 Å². The third-order valence-electron chi connectivity index (χ3n) is 3.57. The van der Waals surface area contributed by atoms with Crippen molar-refractivity contribution in [2.45, 2.75) is 26.3 Å². The molecule has 6 heteroatoms. The molecule has 0 aromatic carbocycles. The first-order valence-electron chi connectivity index (χ1n) is 6.48. The molecule has 2 rings (SSSR count). The lowest BCUT2D eigenvalue weighted by Crippen LogP contribution is -2.55. The molecule has 2 aromatic heterocycles. The number of nitrogens with one attached hydrogen (secondary N) is 1. The van der Waals surface area contributed by atoms with Gasteiger partial charge in [-0.1, -0.05) is 19.9 Å². The lowest BCUT2D eigenvalue weighted by atomic mass is 9.88. The number of aromatic nitrogens is 1. The highest BCUT2D eigenvalue weighted by molar-refractivity contribution is 7.20. The molecule has 0 bridgehead atoms. The summed E-state index contributed by atoms with van der Waals surface area (Å²) < 4.78 is 0. The van der Waals surface area contributed by atoms with Crippen LogP contribution in [0.5, 0.6) is 0 Å². The zero-order valence-corrected chi connectivity index (χ0v) is 13.5. The predicted octanol–water partition coefficient (Wildman–Crippen LogP) is 2.97. The van der Waals surface area contributed by atoms with Gasteiger partial charge in [0.15, 0.2) is 0 Å².